The van der Waals surface area contributed by atoms with Gasteiger partial charge in [0.15, 0.2) is 0 Å². The summed E-state index contributed by atoms with van der Waals surface area (Å²) in [6.45, 7) is 0.504. The summed E-state index contributed by atoms with van der Waals surface area (Å²) in [5, 5.41) is 8.55. The standard InChI is InChI=1S/C11H8FNO/c12-9-2-1-3-10-11(9)8(4-6-13)5-7-14-10/h1-4H,5,7H2/b8-4-. The monoisotopic (exact) mass is 189 g/mol. The maximum absolute atomic E-state index is 13.4. The maximum atomic E-state index is 13.4. The van der Waals surface area contributed by atoms with Gasteiger partial charge in [0, 0.05) is 12.5 Å². The van der Waals surface area contributed by atoms with Crippen molar-refractivity contribution in [3.05, 3.63) is 35.7 Å². The molecule has 0 saturated heterocycles. The zero-order chi connectivity index (χ0) is 9.97. The Morgan fingerprint density at radius 1 is 1.50 bits per heavy atom. The summed E-state index contributed by atoms with van der Waals surface area (Å²) in [5.74, 6) is 0.196. The van der Waals surface area contributed by atoms with E-state index in [2.05, 4.69) is 0 Å². The third-order valence-corrected chi connectivity index (χ3v) is 2.16. The normalized spacial score (nSPS) is 17.0. The molecule has 1 aromatic rings. The largest absolute Gasteiger partial charge is 0.492 e. The van der Waals surface area contributed by atoms with Gasteiger partial charge in [0.1, 0.15) is 11.6 Å². The summed E-state index contributed by atoms with van der Waals surface area (Å²) in [6, 6.07) is 6.61. The molecule has 0 N–H and O–H groups in total. The van der Waals surface area contributed by atoms with Crippen molar-refractivity contribution in [2.45, 2.75) is 6.42 Å². The van der Waals surface area contributed by atoms with Crippen LogP contribution in [0.15, 0.2) is 24.3 Å². The Balaban J connectivity index is 2.59. The molecule has 0 amide bonds. The second-order valence-corrected chi connectivity index (χ2v) is 3.01. The second-order valence-electron chi connectivity index (χ2n) is 3.01. The van der Waals surface area contributed by atoms with Gasteiger partial charge in [0.05, 0.1) is 18.2 Å². The van der Waals surface area contributed by atoms with Crippen LogP contribution in [0.5, 0.6) is 5.75 Å². The first-order valence-corrected chi connectivity index (χ1v) is 4.33. The van der Waals surface area contributed by atoms with Gasteiger partial charge >= 0.3 is 0 Å². The lowest BCUT2D eigenvalue weighted by Crippen LogP contribution is -2.09. The van der Waals surface area contributed by atoms with Gasteiger partial charge in [-0.15, -0.1) is 0 Å². The van der Waals surface area contributed by atoms with E-state index in [9.17, 15) is 4.39 Å². The molecule has 70 valence electrons. The number of hydrogen-bond acceptors (Lipinski definition) is 2. The zero-order valence-corrected chi connectivity index (χ0v) is 7.46. The molecule has 1 heterocycles. The van der Waals surface area contributed by atoms with Crippen molar-refractivity contribution in [2.24, 2.45) is 0 Å². The lowest BCUT2D eigenvalue weighted by molar-refractivity contribution is 0.313. The molecular formula is C11H8FNO. The molecule has 0 radical (unpaired) electrons. The Hall–Kier alpha value is -1.82. The quantitative estimate of drug-likeness (QED) is 0.587. The van der Waals surface area contributed by atoms with E-state index in [0.29, 0.717) is 29.9 Å². The molecule has 0 fully saturated rings. The van der Waals surface area contributed by atoms with Crippen molar-refractivity contribution in [3.63, 3.8) is 0 Å². The Morgan fingerprint density at radius 3 is 3.14 bits per heavy atom. The Morgan fingerprint density at radius 2 is 2.36 bits per heavy atom. The first-order chi connectivity index (χ1) is 6.83. The van der Waals surface area contributed by atoms with Crippen LogP contribution in [0, 0.1) is 17.1 Å². The van der Waals surface area contributed by atoms with Crippen LogP contribution in [0.3, 0.4) is 0 Å². The predicted molar refractivity (Wildman–Crippen MR) is 50.1 cm³/mol. The summed E-state index contributed by atoms with van der Waals surface area (Å²) in [7, 11) is 0. The Bertz CT molecular complexity index is 431. The average Bonchev–Trinajstić information content (AvgIpc) is 2.19. The minimum Gasteiger partial charge on any atom is -0.492 e. The second kappa shape index (κ2) is 3.51. The number of halogens is 1. The van der Waals surface area contributed by atoms with Gasteiger partial charge in [-0.1, -0.05) is 6.07 Å². The van der Waals surface area contributed by atoms with Crippen LogP contribution >= 0.6 is 0 Å². The summed E-state index contributed by atoms with van der Waals surface area (Å²) < 4.78 is 18.7. The highest BCUT2D eigenvalue weighted by atomic mass is 19.1. The van der Waals surface area contributed by atoms with Crippen molar-refractivity contribution in [3.8, 4) is 11.8 Å². The number of benzene rings is 1. The Labute approximate surface area is 81.2 Å². The predicted octanol–water partition coefficient (Wildman–Crippen LogP) is 2.52. The highest BCUT2D eigenvalue weighted by molar-refractivity contribution is 5.73. The minimum absolute atomic E-state index is 0.330. The van der Waals surface area contributed by atoms with E-state index in [4.69, 9.17) is 10.00 Å². The van der Waals surface area contributed by atoms with Crippen molar-refractivity contribution in [1.82, 2.24) is 0 Å². The van der Waals surface area contributed by atoms with E-state index in [1.807, 2.05) is 6.07 Å². The highest BCUT2D eigenvalue weighted by Crippen LogP contribution is 2.34. The first-order valence-electron chi connectivity index (χ1n) is 4.33. The van der Waals surface area contributed by atoms with Gasteiger partial charge in [-0.3, -0.25) is 0 Å². The number of fused-ring (bicyclic) bond motifs is 1. The smallest absolute Gasteiger partial charge is 0.134 e. The number of hydrogen-bond donors (Lipinski definition) is 0. The third-order valence-electron chi connectivity index (χ3n) is 2.16. The summed E-state index contributed by atoms with van der Waals surface area (Å²) in [5.41, 5.74) is 1.15. The fraction of sp³-hybridized carbons (Fsp3) is 0.182. The number of allylic oxidation sites excluding steroid dienone is 1. The summed E-state index contributed by atoms with van der Waals surface area (Å²) in [6.07, 6.45) is 1.96. The van der Waals surface area contributed by atoms with Crippen molar-refractivity contribution in [2.75, 3.05) is 6.61 Å². The number of nitrogens with zero attached hydrogens (tertiary/aromatic N) is 1. The fourth-order valence-electron chi connectivity index (χ4n) is 1.55. The SMILES string of the molecule is N#C/C=C1/CCOc2cccc(F)c21. The molecule has 0 atom stereocenters. The Kier molecular flexibility index (Phi) is 2.19. The molecule has 2 nitrogen and oxygen atoms in total. The van der Waals surface area contributed by atoms with Gasteiger partial charge in [0.2, 0.25) is 0 Å². The van der Waals surface area contributed by atoms with Crippen LogP contribution in [0.1, 0.15) is 12.0 Å². The number of nitriles is 1. The lowest BCUT2D eigenvalue weighted by Gasteiger charge is -2.19. The van der Waals surface area contributed by atoms with Gasteiger partial charge < -0.3 is 4.74 Å². The van der Waals surface area contributed by atoms with E-state index in [1.54, 1.807) is 12.1 Å². The van der Waals surface area contributed by atoms with Crippen LogP contribution in [0.25, 0.3) is 5.57 Å². The molecule has 0 spiro atoms. The molecule has 3 heteroatoms. The van der Waals surface area contributed by atoms with E-state index >= 15 is 0 Å². The van der Waals surface area contributed by atoms with Gasteiger partial charge in [-0.05, 0) is 17.7 Å². The van der Waals surface area contributed by atoms with Crippen LogP contribution in [-0.2, 0) is 0 Å². The van der Waals surface area contributed by atoms with E-state index in [1.165, 1.54) is 12.1 Å². The molecule has 1 aromatic carbocycles. The molecule has 0 saturated carbocycles. The molecule has 0 bridgehead atoms. The van der Waals surface area contributed by atoms with Crippen molar-refractivity contribution in [1.29, 1.82) is 5.26 Å². The molecule has 14 heavy (non-hydrogen) atoms. The van der Waals surface area contributed by atoms with Gasteiger partial charge in [-0.25, -0.2) is 4.39 Å². The molecule has 1 aliphatic rings. The molecule has 0 aliphatic carbocycles. The van der Waals surface area contributed by atoms with Crippen LogP contribution in [-0.4, -0.2) is 6.61 Å². The number of ether oxygens (including phenoxy) is 1. The van der Waals surface area contributed by atoms with E-state index in [-0.39, 0.29) is 5.82 Å². The molecule has 1 aliphatic heterocycles. The molecule has 2 rings (SSSR count). The molecule has 0 unspecified atom stereocenters. The summed E-state index contributed by atoms with van der Waals surface area (Å²) >= 11 is 0. The third kappa shape index (κ3) is 1.35. The van der Waals surface area contributed by atoms with Gasteiger partial charge in [0.25, 0.3) is 0 Å². The van der Waals surface area contributed by atoms with Crippen LogP contribution in [0.2, 0.25) is 0 Å². The highest BCUT2D eigenvalue weighted by Gasteiger charge is 2.18. The van der Waals surface area contributed by atoms with Crippen molar-refractivity contribution < 1.29 is 9.13 Å². The lowest BCUT2D eigenvalue weighted by atomic mass is 9.99. The van der Waals surface area contributed by atoms with E-state index < -0.39 is 0 Å². The zero-order valence-electron chi connectivity index (χ0n) is 7.46. The maximum Gasteiger partial charge on any atom is 0.134 e. The topological polar surface area (TPSA) is 33.0 Å². The fourth-order valence-corrected chi connectivity index (χ4v) is 1.55. The first kappa shape index (κ1) is 8.76. The molecule has 0 aromatic heterocycles. The van der Waals surface area contributed by atoms with Crippen molar-refractivity contribution >= 4 is 5.57 Å². The average molecular weight is 189 g/mol. The van der Waals surface area contributed by atoms with Crippen LogP contribution in [0.4, 0.5) is 4.39 Å². The summed E-state index contributed by atoms with van der Waals surface area (Å²) in [4.78, 5) is 0. The minimum atomic E-state index is -0.330. The molecular weight excluding hydrogens is 181 g/mol. The van der Waals surface area contributed by atoms with E-state index in [0.717, 1.165) is 0 Å². The number of rotatable bonds is 0. The van der Waals surface area contributed by atoms with Crippen LogP contribution < -0.4 is 4.74 Å². The van der Waals surface area contributed by atoms with Gasteiger partial charge in [-0.2, -0.15) is 5.26 Å².